The maximum absolute atomic E-state index is 12.1. The third kappa shape index (κ3) is 3.50. The van der Waals surface area contributed by atoms with Crippen LogP contribution in [0.25, 0.3) is 11.1 Å². The molecule has 0 saturated carbocycles. The van der Waals surface area contributed by atoms with E-state index in [1.54, 1.807) is 31.2 Å². The Morgan fingerprint density at radius 1 is 1.32 bits per heavy atom. The Morgan fingerprint density at radius 3 is 2.76 bits per heavy atom. The van der Waals surface area contributed by atoms with Gasteiger partial charge in [0.25, 0.3) is 5.56 Å². The second-order valence-electron chi connectivity index (χ2n) is 5.50. The van der Waals surface area contributed by atoms with Gasteiger partial charge in [-0.3, -0.25) is 4.79 Å². The number of rotatable bonds is 5. The van der Waals surface area contributed by atoms with E-state index in [1.165, 1.54) is 7.11 Å². The largest absolute Gasteiger partial charge is 0.493 e. The minimum Gasteiger partial charge on any atom is -0.493 e. The second-order valence-corrected chi connectivity index (χ2v) is 5.50. The molecule has 1 aromatic heterocycles. The van der Waals surface area contributed by atoms with Crippen molar-refractivity contribution < 1.29 is 18.9 Å². The quantitative estimate of drug-likeness (QED) is 0.893. The number of pyridine rings is 1. The predicted molar refractivity (Wildman–Crippen MR) is 89.7 cm³/mol. The summed E-state index contributed by atoms with van der Waals surface area (Å²) >= 11 is 0. The highest BCUT2D eigenvalue weighted by Gasteiger charge is 2.21. The zero-order valence-corrected chi connectivity index (χ0v) is 14.0. The minimum atomic E-state index is -0.450. The van der Waals surface area contributed by atoms with Crippen molar-refractivity contribution >= 4 is 0 Å². The summed E-state index contributed by atoms with van der Waals surface area (Å²) in [6.45, 7) is 2.99. The summed E-state index contributed by atoms with van der Waals surface area (Å²) in [5.41, 5.74) is 1.33. The van der Waals surface area contributed by atoms with Gasteiger partial charge in [-0.25, -0.2) is 0 Å². The zero-order valence-electron chi connectivity index (χ0n) is 14.0. The van der Waals surface area contributed by atoms with Crippen LogP contribution in [0, 0.1) is 18.3 Å². The van der Waals surface area contributed by atoms with Crippen molar-refractivity contribution in [3.8, 4) is 28.7 Å². The number of benzene rings is 1. The van der Waals surface area contributed by atoms with E-state index in [9.17, 15) is 10.1 Å². The van der Waals surface area contributed by atoms with Crippen LogP contribution in [0.3, 0.4) is 0 Å². The van der Waals surface area contributed by atoms with Gasteiger partial charge in [0.05, 0.1) is 20.3 Å². The number of para-hydroxylation sites is 1. The molecule has 1 N–H and O–H groups in total. The number of aromatic amines is 1. The topological polar surface area (TPSA) is 93.6 Å². The van der Waals surface area contributed by atoms with Crippen LogP contribution in [0.5, 0.6) is 11.5 Å². The molecule has 1 aliphatic rings. The van der Waals surface area contributed by atoms with Crippen LogP contribution in [-0.4, -0.2) is 38.2 Å². The second kappa shape index (κ2) is 7.38. The molecule has 0 unspecified atom stereocenters. The summed E-state index contributed by atoms with van der Waals surface area (Å²) in [5.74, 6) is 0.933. The number of hydrogen-bond donors (Lipinski definition) is 1. The average Bonchev–Trinajstić information content (AvgIpc) is 3.12. The van der Waals surface area contributed by atoms with Gasteiger partial charge in [-0.05, 0) is 19.1 Å². The third-order valence-corrected chi connectivity index (χ3v) is 3.82. The van der Waals surface area contributed by atoms with Crippen LogP contribution >= 0.6 is 0 Å². The fourth-order valence-corrected chi connectivity index (χ4v) is 2.70. The van der Waals surface area contributed by atoms with Gasteiger partial charge < -0.3 is 23.9 Å². The molecule has 130 valence electrons. The lowest BCUT2D eigenvalue weighted by molar-refractivity contribution is -0.0686. The summed E-state index contributed by atoms with van der Waals surface area (Å²) in [5, 5.41) is 9.39. The Bertz CT molecular complexity index is 863. The minimum absolute atomic E-state index is 0.0251. The first-order valence-electron chi connectivity index (χ1n) is 7.81. The maximum Gasteiger partial charge on any atom is 0.266 e. The molecule has 2 heterocycles. The number of aryl methyl sites for hydroxylation is 1. The number of ether oxygens (including phenoxy) is 4. The van der Waals surface area contributed by atoms with Crippen molar-refractivity contribution in [2.75, 3.05) is 26.9 Å². The van der Waals surface area contributed by atoms with Crippen LogP contribution in [0.4, 0.5) is 0 Å². The molecule has 3 rings (SSSR count). The average molecular weight is 342 g/mol. The molecule has 1 saturated heterocycles. The van der Waals surface area contributed by atoms with Gasteiger partial charge in [-0.1, -0.05) is 12.1 Å². The fourth-order valence-electron chi connectivity index (χ4n) is 2.70. The van der Waals surface area contributed by atoms with Gasteiger partial charge in [0, 0.05) is 16.8 Å². The van der Waals surface area contributed by atoms with Gasteiger partial charge in [-0.15, -0.1) is 0 Å². The SMILES string of the molecule is COc1cccc(-c2cc(C)[nH]c(=O)c2C#N)c1OCC1OCCO1. The summed E-state index contributed by atoms with van der Waals surface area (Å²) in [4.78, 5) is 14.7. The highest BCUT2D eigenvalue weighted by molar-refractivity contribution is 5.78. The van der Waals surface area contributed by atoms with Gasteiger partial charge in [0.2, 0.25) is 0 Å². The lowest BCUT2D eigenvalue weighted by Gasteiger charge is -2.17. The molecule has 0 radical (unpaired) electrons. The van der Waals surface area contributed by atoms with Crippen LogP contribution in [0.1, 0.15) is 11.3 Å². The first kappa shape index (κ1) is 17.0. The van der Waals surface area contributed by atoms with Crippen molar-refractivity contribution in [2.45, 2.75) is 13.2 Å². The molecule has 25 heavy (non-hydrogen) atoms. The summed E-state index contributed by atoms with van der Waals surface area (Å²) in [6, 6.07) is 9.01. The molecular weight excluding hydrogens is 324 g/mol. The molecule has 1 aliphatic heterocycles. The van der Waals surface area contributed by atoms with Crippen LogP contribution in [-0.2, 0) is 9.47 Å². The number of aromatic nitrogens is 1. The Labute approximate surface area is 144 Å². The zero-order chi connectivity index (χ0) is 17.8. The highest BCUT2D eigenvalue weighted by atomic mass is 16.7. The first-order chi connectivity index (χ1) is 12.1. The number of nitriles is 1. The molecule has 7 nitrogen and oxygen atoms in total. The lowest BCUT2D eigenvalue weighted by Crippen LogP contribution is -2.19. The van der Waals surface area contributed by atoms with E-state index in [4.69, 9.17) is 18.9 Å². The van der Waals surface area contributed by atoms with E-state index in [-0.39, 0.29) is 12.2 Å². The Hall–Kier alpha value is -2.82. The van der Waals surface area contributed by atoms with E-state index in [2.05, 4.69) is 4.98 Å². The highest BCUT2D eigenvalue weighted by Crippen LogP contribution is 2.39. The Morgan fingerprint density at radius 2 is 2.08 bits per heavy atom. The van der Waals surface area contributed by atoms with Crippen LogP contribution in [0.15, 0.2) is 29.1 Å². The number of H-pyrrole nitrogens is 1. The van der Waals surface area contributed by atoms with Gasteiger partial charge in [0.15, 0.2) is 17.8 Å². The molecule has 0 atom stereocenters. The first-order valence-corrected chi connectivity index (χ1v) is 7.81. The number of nitrogens with zero attached hydrogens (tertiary/aromatic N) is 1. The predicted octanol–water partition coefficient (Wildman–Crippen LogP) is 1.98. The molecule has 1 aromatic carbocycles. The number of nitrogens with one attached hydrogen (secondary N) is 1. The number of hydrogen-bond acceptors (Lipinski definition) is 6. The Kier molecular flexibility index (Phi) is 5.03. The summed E-state index contributed by atoms with van der Waals surface area (Å²) in [6.07, 6.45) is -0.450. The van der Waals surface area contributed by atoms with Crippen molar-refractivity contribution in [3.05, 3.63) is 45.9 Å². The van der Waals surface area contributed by atoms with E-state index in [1.807, 2.05) is 6.07 Å². The molecule has 0 spiro atoms. The lowest BCUT2D eigenvalue weighted by atomic mass is 9.99. The van der Waals surface area contributed by atoms with Crippen molar-refractivity contribution in [1.29, 1.82) is 5.26 Å². The van der Waals surface area contributed by atoms with Crippen LogP contribution < -0.4 is 15.0 Å². The maximum atomic E-state index is 12.1. The normalized spacial score (nSPS) is 14.3. The van der Waals surface area contributed by atoms with Gasteiger partial charge in [0.1, 0.15) is 18.2 Å². The molecule has 0 amide bonds. The monoisotopic (exact) mass is 342 g/mol. The fraction of sp³-hybridized carbons (Fsp3) is 0.333. The van der Waals surface area contributed by atoms with Crippen LogP contribution in [0.2, 0.25) is 0 Å². The van der Waals surface area contributed by atoms with E-state index in [0.29, 0.717) is 41.5 Å². The van der Waals surface area contributed by atoms with Crippen molar-refractivity contribution in [3.63, 3.8) is 0 Å². The smallest absolute Gasteiger partial charge is 0.266 e. The van der Waals surface area contributed by atoms with Gasteiger partial charge in [-0.2, -0.15) is 5.26 Å². The third-order valence-electron chi connectivity index (χ3n) is 3.82. The van der Waals surface area contributed by atoms with Gasteiger partial charge >= 0.3 is 0 Å². The molecule has 1 fully saturated rings. The molecule has 7 heteroatoms. The molecule has 0 bridgehead atoms. The molecule has 0 aliphatic carbocycles. The van der Waals surface area contributed by atoms with Crippen molar-refractivity contribution in [2.24, 2.45) is 0 Å². The molecule has 2 aromatic rings. The Balaban J connectivity index is 2.07. The van der Waals surface area contributed by atoms with E-state index >= 15 is 0 Å². The summed E-state index contributed by atoms with van der Waals surface area (Å²) < 4.78 is 22.0. The molecular formula is C18H18N2O5. The summed E-state index contributed by atoms with van der Waals surface area (Å²) in [7, 11) is 1.53. The standard InChI is InChI=1S/C18H18N2O5/c1-11-8-13(14(9-19)18(21)20-11)12-4-3-5-15(22-2)17(12)25-10-16-23-6-7-24-16/h3-5,8,16H,6-7,10H2,1-2H3,(H,20,21). The number of methoxy groups -OCH3 is 1. The van der Waals surface area contributed by atoms with E-state index < -0.39 is 11.8 Å². The van der Waals surface area contributed by atoms with E-state index in [0.717, 1.165) is 0 Å². The van der Waals surface area contributed by atoms with Crippen molar-refractivity contribution in [1.82, 2.24) is 4.98 Å².